The molecule has 0 spiro atoms. The first kappa shape index (κ1) is 16.0. The van der Waals surface area contributed by atoms with Crippen molar-refractivity contribution in [2.45, 2.75) is 57.7 Å². The Balaban J connectivity index is 1.75. The molecule has 0 radical (unpaired) electrons. The summed E-state index contributed by atoms with van der Waals surface area (Å²) in [5.41, 5.74) is 2.54. The fraction of sp³-hybridized carbons (Fsp3) is 0.857. The van der Waals surface area contributed by atoms with Crippen LogP contribution in [0.5, 0.6) is 0 Å². The van der Waals surface area contributed by atoms with E-state index in [0.29, 0.717) is 24.9 Å². The van der Waals surface area contributed by atoms with E-state index in [1.807, 2.05) is 25.8 Å². The Labute approximate surface area is 125 Å². The second-order valence-electron chi connectivity index (χ2n) is 6.89. The van der Waals surface area contributed by atoms with E-state index >= 15 is 0 Å². The first-order chi connectivity index (χ1) is 9.74. The summed E-state index contributed by atoms with van der Waals surface area (Å²) in [7, 11) is 0. The van der Waals surface area contributed by atoms with Gasteiger partial charge in [-0.3, -0.25) is 4.79 Å². The highest BCUT2D eigenvalue weighted by molar-refractivity contribution is 5.73. The summed E-state index contributed by atoms with van der Waals surface area (Å²) in [5.74, 6) is -0.485. The van der Waals surface area contributed by atoms with E-state index in [1.54, 1.807) is 0 Å². The zero-order valence-corrected chi connectivity index (χ0v) is 12.9. The van der Waals surface area contributed by atoms with Crippen LogP contribution < -0.4 is 10.7 Å². The van der Waals surface area contributed by atoms with Gasteiger partial charge in [0.15, 0.2) is 0 Å². The van der Waals surface area contributed by atoms with Crippen molar-refractivity contribution in [3.8, 4) is 0 Å². The monoisotopic (exact) mass is 299 g/mol. The SMILES string of the molecule is CC(C)(C)OC(=O)NCC1CCC2CC(C(=O)O)NN2C1. The lowest BCUT2D eigenvalue weighted by atomic mass is 9.92. The number of rotatable bonds is 3. The van der Waals surface area contributed by atoms with Gasteiger partial charge in [0.1, 0.15) is 11.6 Å². The van der Waals surface area contributed by atoms with Crippen LogP contribution in [0.4, 0.5) is 4.79 Å². The molecule has 3 N–H and O–H groups in total. The average molecular weight is 299 g/mol. The maximum Gasteiger partial charge on any atom is 0.407 e. The van der Waals surface area contributed by atoms with Gasteiger partial charge >= 0.3 is 12.1 Å². The predicted molar refractivity (Wildman–Crippen MR) is 76.6 cm³/mol. The summed E-state index contributed by atoms with van der Waals surface area (Å²) in [6.45, 7) is 6.80. The molecule has 0 saturated carbocycles. The van der Waals surface area contributed by atoms with Gasteiger partial charge in [0.05, 0.1) is 0 Å². The summed E-state index contributed by atoms with van der Waals surface area (Å²) in [5, 5.41) is 13.9. The molecule has 3 atom stereocenters. The Hall–Kier alpha value is -1.34. The summed E-state index contributed by atoms with van der Waals surface area (Å²) in [4.78, 5) is 22.6. The van der Waals surface area contributed by atoms with Crippen LogP contribution in [0, 0.1) is 5.92 Å². The van der Waals surface area contributed by atoms with Crippen molar-refractivity contribution < 1.29 is 19.4 Å². The van der Waals surface area contributed by atoms with E-state index in [1.165, 1.54) is 0 Å². The van der Waals surface area contributed by atoms with Crippen LogP contribution in [0.3, 0.4) is 0 Å². The zero-order chi connectivity index (χ0) is 15.6. The number of carboxylic acid groups (broad SMARTS) is 1. The van der Waals surface area contributed by atoms with Crippen LogP contribution in [0.15, 0.2) is 0 Å². The third-order valence-electron chi connectivity index (χ3n) is 3.87. The maximum atomic E-state index is 11.6. The lowest BCUT2D eigenvalue weighted by Gasteiger charge is -2.34. The van der Waals surface area contributed by atoms with Gasteiger partial charge < -0.3 is 15.2 Å². The summed E-state index contributed by atoms with van der Waals surface area (Å²) in [6.07, 6.45) is 2.20. The molecule has 7 nitrogen and oxygen atoms in total. The van der Waals surface area contributed by atoms with Crippen molar-refractivity contribution in [3.05, 3.63) is 0 Å². The molecule has 0 aromatic carbocycles. The van der Waals surface area contributed by atoms with Crippen LogP contribution in [-0.4, -0.2) is 53.0 Å². The van der Waals surface area contributed by atoms with Crippen molar-refractivity contribution in [2.75, 3.05) is 13.1 Å². The van der Waals surface area contributed by atoms with Crippen LogP contribution in [-0.2, 0) is 9.53 Å². The number of hydrogen-bond donors (Lipinski definition) is 3. The Morgan fingerprint density at radius 1 is 1.38 bits per heavy atom. The maximum absolute atomic E-state index is 11.6. The van der Waals surface area contributed by atoms with Crippen LogP contribution >= 0.6 is 0 Å². The lowest BCUT2D eigenvalue weighted by Crippen LogP contribution is -2.49. The second kappa shape index (κ2) is 6.19. The molecule has 0 aromatic heterocycles. The minimum Gasteiger partial charge on any atom is -0.480 e. The molecule has 2 fully saturated rings. The minimum absolute atomic E-state index is 0.295. The highest BCUT2D eigenvalue weighted by Crippen LogP contribution is 2.27. The van der Waals surface area contributed by atoms with Crippen molar-refractivity contribution in [1.29, 1.82) is 0 Å². The van der Waals surface area contributed by atoms with E-state index in [-0.39, 0.29) is 0 Å². The molecule has 2 saturated heterocycles. The number of hydrogen-bond acceptors (Lipinski definition) is 5. The number of carbonyl (C=O) groups is 2. The zero-order valence-electron chi connectivity index (χ0n) is 12.9. The first-order valence-corrected chi connectivity index (χ1v) is 7.47. The number of ether oxygens (including phenoxy) is 1. The van der Waals surface area contributed by atoms with Gasteiger partial charge in [-0.2, -0.15) is 0 Å². The van der Waals surface area contributed by atoms with Crippen LogP contribution in [0.25, 0.3) is 0 Å². The normalized spacial score (nSPS) is 29.8. The van der Waals surface area contributed by atoms with Crippen LogP contribution in [0.1, 0.15) is 40.0 Å². The number of piperidine rings is 1. The fourth-order valence-electron chi connectivity index (χ4n) is 2.90. The standard InChI is InChI=1S/C14H25N3O4/c1-14(2,3)21-13(20)15-7-9-4-5-10-6-11(12(18)19)16-17(10)8-9/h9-11,16H,4-8H2,1-3H3,(H,15,20)(H,18,19). The molecule has 0 aliphatic carbocycles. The molecule has 2 rings (SSSR count). The molecule has 21 heavy (non-hydrogen) atoms. The smallest absolute Gasteiger partial charge is 0.407 e. The molecule has 1 amide bonds. The Morgan fingerprint density at radius 3 is 2.71 bits per heavy atom. The molecule has 0 aromatic rings. The largest absolute Gasteiger partial charge is 0.480 e. The average Bonchev–Trinajstić information content (AvgIpc) is 2.77. The van der Waals surface area contributed by atoms with Crippen molar-refractivity contribution in [1.82, 2.24) is 15.8 Å². The topological polar surface area (TPSA) is 90.9 Å². The fourth-order valence-corrected chi connectivity index (χ4v) is 2.90. The van der Waals surface area contributed by atoms with Gasteiger partial charge in [-0.25, -0.2) is 15.2 Å². The highest BCUT2D eigenvalue weighted by Gasteiger charge is 2.39. The number of nitrogens with zero attached hydrogens (tertiary/aromatic N) is 1. The highest BCUT2D eigenvalue weighted by atomic mass is 16.6. The second-order valence-corrected chi connectivity index (χ2v) is 6.89. The number of amides is 1. The Kier molecular flexibility index (Phi) is 4.73. The number of carbonyl (C=O) groups excluding carboxylic acids is 1. The molecule has 7 heteroatoms. The van der Waals surface area contributed by atoms with Gasteiger partial charge in [0.2, 0.25) is 0 Å². The van der Waals surface area contributed by atoms with Gasteiger partial charge in [-0.05, 0) is 46.0 Å². The number of carboxylic acids is 1. The lowest BCUT2D eigenvalue weighted by molar-refractivity contribution is -0.139. The van der Waals surface area contributed by atoms with Crippen molar-refractivity contribution in [3.63, 3.8) is 0 Å². The molecule has 3 unspecified atom stereocenters. The molecule has 2 heterocycles. The molecule has 120 valence electrons. The summed E-state index contributed by atoms with van der Waals surface area (Å²) < 4.78 is 5.21. The number of nitrogens with one attached hydrogen (secondary N) is 2. The van der Waals surface area contributed by atoms with Crippen molar-refractivity contribution in [2.24, 2.45) is 5.92 Å². The first-order valence-electron chi connectivity index (χ1n) is 7.47. The van der Waals surface area contributed by atoms with E-state index in [9.17, 15) is 9.59 Å². The summed E-state index contributed by atoms with van der Waals surface area (Å²) in [6, 6.07) is -0.184. The van der Waals surface area contributed by atoms with E-state index in [4.69, 9.17) is 9.84 Å². The number of alkyl carbamates (subject to hydrolysis) is 1. The van der Waals surface area contributed by atoms with Gasteiger partial charge in [0.25, 0.3) is 0 Å². The van der Waals surface area contributed by atoms with E-state index in [0.717, 1.165) is 19.4 Å². The quantitative estimate of drug-likeness (QED) is 0.719. The van der Waals surface area contributed by atoms with Crippen LogP contribution in [0.2, 0.25) is 0 Å². The third kappa shape index (κ3) is 4.57. The molecule has 2 aliphatic heterocycles. The van der Waals surface area contributed by atoms with Gasteiger partial charge in [-0.15, -0.1) is 0 Å². The Morgan fingerprint density at radius 2 is 2.10 bits per heavy atom. The number of aliphatic carboxylic acids is 1. The van der Waals surface area contributed by atoms with E-state index < -0.39 is 23.7 Å². The van der Waals surface area contributed by atoms with Gasteiger partial charge in [0, 0.05) is 19.1 Å². The van der Waals surface area contributed by atoms with Gasteiger partial charge in [-0.1, -0.05) is 0 Å². The molecular formula is C14H25N3O4. The minimum atomic E-state index is -0.798. The molecular weight excluding hydrogens is 274 g/mol. The predicted octanol–water partition coefficient (Wildman–Crippen LogP) is 0.953. The molecule has 2 aliphatic rings. The van der Waals surface area contributed by atoms with Crippen molar-refractivity contribution >= 4 is 12.1 Å². The third-order valence-corrected chi connectivity index (χ3v) is 3.87. The Bertz CT molecular complexity index is 408. The number of hydrazine groups is 1. The van der Waals surface area contributed by atoms with E-state index in [2.05, 4.69) is 10.7 Å². The number of fused-ring (bicyclic) bond motifs is 1. The molecule has 0 bridgehead atoms. The summed E-state index contributed by atoms with van der Waals surface area (Å²) >= 11 is 0.